The molecule has 1 unspecified atom stereocenters. The highest BCUT2D eigenvalue weighted by molar-refractivity contribution is 9.10. The molecule has 7 heteroatoms. The van der Waals surface area contributed by atoms with E-state index < -0.39 is 10.0 Å². The van der Waals surface area contributed by atoms with E-state index in [1.807, 2.05) is 4.90 Å². The first-order chi connectivity index (χ1) is 13.2. The number of hydrogen-bond acceptors (Lipinski definition) is 3. The van der Waals surface area contributed by atoms with E-state index in [-0.39, 0.29) is 22.9 Å². The van der Waals surface area contributed by atoms with Gasteiger partial charge in [0.25, 0.3) is 15.9 Å². The van der Waals surface area contributed by atoms with Crippen molar-refractivity contribution in [3.63, 3.8) is 0 Å². The molecule has 150 valence electrons. The molecule has 28 heavy (non-hydrogen) atoms. The van der Waals surface area contributed by atoms with Crippen molar-refractivity contribution in [1.29, 1.82) is 0 Å². The van der Waals surface area contributed by atoms with Gasteiger partial charge in [0.05, 0.1) is 4.90 Å². The van der Waals surface area contributed by atoms with Gasteiger partial charge >= 0.3 is 0 Å². The Bertz CT molecular complexity index is 954. The number of sulfonamides is 1. The minimum absolute atomic E-state index is 0.0478. The molecule has 0 radical (unpaired) electrons. The molecular formula is C21H25BrN2O3S. The number of carbonyl (C=O) groups is 1. The van der Waals surface area contributed by atoms with Crippen LogP contribution in [0.3, 0.4) is 0 Å². The van der Waals surface area contributed by atoms with Crippen molar-refractivity contribution in [2.75, 3.05) is 4.72 Å². The van der Waals surface area contributed by atoms with Crippen LogP contribution in [0, 0.1) is 5.92 Å². The maximum atomic E-state index is 13.1. The summed E-state index contributed by atoms with van der Waals surface area (Å²) >= 11 is 3.30. The number of amides is 1. The first kappa shape index (κ1) is 20.9. The summed E-state index contributed by atoms with van der Waals surface area (Å²) in [6.45, 7) is 6.28. The molecule has 3 rings (SSSR count). The third-order valence-corrected chi connectivity index (χ3v) is 6.99. The highest BCUT2D eigenvalue weighted by atomic mass is 79.9. The molecule has 2 aromatic carbocycles. The standard InChI is InChI=1S/C21H25BrN2O3S/c1-14(2)15(3)24(19-9-10-19)21(25)16-5-4-6-18(13-16)23-28(26,27)20-11-7-17(22)8-12-20/h4-8,11-15,19,23H,9-10H2,1-3H3. The molecule has 1 saturated carbocycles. The van der Waals surface area contributed by atoms with Crippen LogP contribution < -0.4 is 4.72 Å². The maximum Gasteiger partial charge on any atom is 0.261 e. The first-order valence-corrected chi connectivity index (χ1v) is 11.7. The van der Waals surface area contributed by atoms with Gasteiger partial charge in [0.15, 0.2) is 0 Å². The van der Waals surface area contributed by atoms with Gasteiger partial charge < -0.3 is 4.90 Å². The zero-order chi connectivity index (χ0) is 20.5. The van der Waals surface area contributed by atoms with E-state index in [0.29, 0.717) is 17.2 Å². The number of halogens is 1. The van der Waals surface area contributed by atoms with Gasteiger partial charge in [0, 0.05) is 27.8 Å². The minimum atomic E-state index is -3.72. The van der Waals surface area contributed by atoms with E-state index in [2.05, 4.69) is 41.4 Å². The zero-order valence-corrected chi connectivity index (χ0v) is 18.6. The van der Waals surface area contributed by atoms with Gasteiger partial charge in [-0.2, -0.15) is 0 Å². The Kier molecular flexibility index (Phi) is 6.15. The molecule has 0 aliphatic heterocycles. The molecule has 1 amide bonds. The Hall–Kier alpha value is -1.86. The van der Waals surface area contributed by atoms with E-state index in [0.717, 1.165) is 17.3 Å². The molecule has 1 fully saturated rings. The average molecular weight is 465 g/mol. The largest absolute Gasteiger partial charge is 0.333 e. The summed E-state index contributed by atoms with van der Waals surface area (Å²) in [5, 5.41) is 0. The van der Waals surface area contributed by atoms with Crippen LogP contribution in [-0.4, -0.2) is 31.3 Å². The number of hydrogen-bond donors (Lipinski definition) is 1. The van der Waals surface area contributed by atoms with Crippen LogP contribution in [0.5, 0.6) is 0 Å². The highest BCUT2D eigenvalue weighted by Crippen LogP contribution is 2.32. The van der Waals surface area contributed by atoms with Gasteiger partial charge in [0.2, 0.25) is 0 Å². The smallest absolute Gasteiger partial charge is 0.261 e. The van der Waals surface area contributed by atoms with Crippen molar-refractivity contribution in [3.8, 4) is 0 Å². The molecule has 1 aliphatic carbocycles. The predicted octanol–water partition coefficient (Wildman–Crippen LogP) is 4.90. The van der Waals surface area contributed by atoms with Crippen molar-refractivity contribution >= 4 is 37.5 Å². The second kappa shape index (κ2) is 8.25. The van der Waals surface area contributed by atoms with Crippen LogP contribution in [0.15, 0.2) is 57.9 Å². The number of benzene rings is 2. The molecule has 0 spiro atoms. The van der Waals surface area contributed by atoms with Crippen molar-refractivity contribution in [3.05, 3.63) is 58.6 Å². The summed E-state index contributed by atoms with van der Waals surface area (Å²) < 4.78 is 28.6. The molecule has 2 aromatic rings. The highest BCUT2D eigenvalue weighted by Gasteiger charge is 2.37. The fourth-order valence-corrected chi connectivity index (χ4v) is 4.36. The molecule has 0 aromatic heterocycles. The third-order valence-electron chi connectivity index (χ3n) is 5.06. The SMILES string of the molecule is CC(C)C(C)N(C(=O)c1cccc(NS(=O)(=O)c2ccc(Br)cc2)c1)C1CC1. The molecule has 0 saturated heterocycles. The summed E-state index contributed by atoms with van der Waals surface area (Å²) in [7, 11) is -3.72. The maximum absolute atomic E-state index is 13.1. The van der Waals surface area contributed by atoms with Crippen LogP contribution in [-0.2, 0) is 10.0 Å². The summed E-state index contributed by atoms with van der Waals surface area (Å²) in [5.74, 6) is 0.303. The van der Waals surface area contributed by atoms with Crippen molar-refractivity contribution in [1.82, 2.24) is 4.90 Å². The average Bonchev–Trinajstić information content (AvgIpc) is 3.47. The lowest BCUT2D eigenvalue weighted by molar-refractivity contribution is 0.0628. The quantitative estimate of drug-likeness (QED) is 0.633. The minimum Gasteiger partial charge on any atom is -0.333 e. The Morgan fingerprint density at radius 3 is 2.32 bits per heavy atom. The molecule has 1 N–H and O–H groups in total. The second-order valence-corrected chi connectivity index (χ2v) is 10.2. The van der Waals surface area contributed by atoms with Crippen LogP contribution in [0.4, 0.5) is 5.69 Å². The Morgan fingerprint density at radius 2 is 1.75 bits per heavy atom. The summed E-state index contributed by atoms with van der Waals surface area (Å²) in [5.41, 5.74) is 0.872. The summed E-state index contributed by atoms with van der Waals surface area (Å²) in [6.07, 6.45) is 2.05. The topological polar surface area (TPSA) is 66.5 Å². The van der Waals surface area contributed by atoms with Gasteiger partial charge in [-0.05, 0) is 68.1 Å². The van der Waals surface area contributed by atoms with Gasteiger partial charge in [0.1, 0.15) is 0 Å². The van der Waals surface area contributed by atoms with Crippen LogP contribution in [0.25, 0.3) is 0 Å². The number of nitrogens with zero attached hydrogens (tertiary/aromatic N) is 1. The molecule has 0 heterocycles. The number of rotatable bonds is 7. The lowest BCUT2D eigenvalue weighted by Crippen LogP contribution is -2.43. The fourth-order valence-electron chi connectivity index (χ4n) is 3.05. The van der Waals surface area contributed by atoms with Crippen molar-refractivity contribution < 1.29 is 13.2 Å². The Balaban J connectivity index is 1.83. The Morgan fingerprint density at radius 1 is 1.11 bits per heavy atom. The van der Waals surface area contributed by atoms with Crippen LogP contribution in [0.1, 0.15) is 44.0 Å². The monoisotopic (exact) mass is 464 g/mol. The van der Waals surface area contributed by atoms with Gasteiger partial charge in [-0.3, -0.25) is 9.52 Å². The number of anilines is 1. The first-order valence-electron chi connectivity index (χ1n) is 9.40. The van der Waals surface area contributed by atoms with Crippen molar-refractivity contribution in [2.24, 2.45) is 5.92 Å². The summed E-state index contributed by atoms with van der Waals surface area (Å²) in [6, 6.07) is 13.5. The van der Waals surface area contributed by atoms with E-state index in [4.69, 9.17) is 0 Å². The zero-order valence-electron chi connectivity index (χ0n) is 16.2. The molecule has 5 nitrogen and oxygen atoms in total. The number of nitrogens with one attached hydrogen (secondary N) is 1. The van der Waals surface area contributed by atoms with Crippen molar-refractivity contribution in [2.45, 2.75) is 50.6 Å². The van der Waals surface area contributed by atoms with Crippen LogP contribution >= 0.6 is 15.9 Å². The van der Waals surface area contributed by atoms with E-state index in [1.165, 1.54) is 12.1 Å². The third kappa shape index (κ3) is 4.75. The fraction of sp³-hybridized carbons (Fsp3) is 0.381. The van der Waals surface area contributed by atoms with Gasteiger partial charge in [-0.15, -0.1) is 0 Å². The Labute approximate surface area is 175 Å². The summed E-state index contributed by atoms with van der Waals surface area (Å²) in [4.78, 5) is 15.3. The van der Waals surface area contributed by atoms with Crippen LogP contribution in [0.2, 0.25) is 0 Å². The van der Waals surface area contributed by atoms with Gasteiger partial charge in [-0.1, -0.05) is 35.8 Å². The molecule has 1 atom stereocenters. The normalized spacial score (nSPS) is 15.3. The molecule has 1 aliphatic rings. The van der Waals surface area contributed by atoms with Gasteiger partial charge in [-0.25, -0.2) is 8.42 Å². The van der Waals surface area contributed by atoms with E-state index in [9.17, 15) is 13.2 Å². The lowest BCUT2D eigenvalue weighted by Gasteiger charge is -2.32. The van der Waals surface area contributed by atoms with E-state index >= 15 is 0 Å². The second-order valence-electron chi connectivity index (χ2n) is 7.57. The van der Waals surface area contributed by atoms with E-state index in [1.54, 1.807) is 36.4 Å². The molecule has 0 bridgehead atoms. The lowest BCUT2D eigenvalue weighted by atomic mass is 10.0. The molecular weight excluding hydrogens is 440 g/mol. The predicted molar refractivity (Wildman–Crippen MR) is 115 cm³/mol. The number of carbonyl (C=O) groups excluding carboxylic acids is 1.